The van der Waals surface area contributed by atoms with E-state index < -0.39 is 77.9 Å². The van der Waals surface area contributed by atoms with Crippen molar-refractivity contribution in [1.29, 1.82) is 0 Å². The minimum Gasteiger partial charge on any atom is -0.493 e. The van der Waals surface area contributed by atoms with Crippen molar-refractivity contribution in [2.24, 2.45) is 0 Å². The van der Waals surface area contributed by atoms with Gasteiger partial charge in [0.15, 0.2) is 0 Å². The summed E-state index contributed by atoms with van der Waals surface area (Å²) in [5, 5.41) is 8.63. The van der Waals surface area contributed by atoms with Crippen molar-refractivity contribution >= 4 is 5.97 Å². The van der Waals surface area contributed by atoms with Gasteiger partial charge in [0.05, 0.1) is 18.6 Å². The number of carbonyl (C=O) groups is 1. The monoisotopic (exact) mass is 584 g/mol. The Balaban J connectivity index is 3.29. The van der Waals surface area contributed by atoms with Crippen LogP contribution in [0.25, 0.3) is 0 Å². The first-order chi connectivity index (χ1) is 16.1. The summed E-state index contributed by atoms with van der Waals surface area (Å²) < 4.78 is 228. The lowest BCUT2D eigenvalue weighted by atomic mass is 9.88. The third-order valence-corrected chi connectivity index (χ3v) is 4.57. The fraction of sp³-hybridized carbons (Fsp3) is 0.588. The third kappa shape index (κ3) is 4.94. The van der Waals surface area contributed by atoms with E-state index in [4.69, 9.17) is 5.11 Å². The summed E-state index contributed by atoms with van der Waals surface area (Å²) >= 11 is 0. The van der Waals surface area contributed by atoms with Gasteiger partial charge in [-0.15, -0.1) is 0 Å². The highest BCUT2D eigenvalue weighted by molar-refractivity contribution is 5.87. The second-order valence-electron chi connectivity index (χ2n) is 7.08. The van der Waals surface area contributed by atoms with Crippen LogP contribution in [0.5, 0.6) is 5.75 Å². The van der Waals surface area contributed by atoms with Crippen LogP contribution in [0, 0.1) is 0 Å². The molecule has 0 radical (unpaired) electrons. The molecule has 1 aromatic rings. The van der Waals surface area contributed by atoms with Crippen LogP contribution in [-0.2, 0) is 0 Å². The molecule has 37 heavy (non-hydrogen) atoms. The predicted octanol–water partition coefficient (Wildman–Crippen LogP) is 7.16. The molecule has 0 saturated carbocycles. The molecule has 3 nitrogen and oxygen atoms in total. The summed E-state index contributed by atoms with van der Waals surface area (Å²) in [6.07, 6.45) is -10.6. The van der Waals surface area contributed by atoms with Crippen molar-refractivity contribution in [3.05, 3.63) is 29.8 Å². The molecule has 1 aromatic carbocycles. The Morgan fingerprint density at radius 2 is 0.946 bits per heavy atom. The molecule has 0 fully saturated rings. The van der Waals surface area contributed by atoms with E-state index in [1.54, 1.807) is 0 Å². The van der Waals surface area contributed by atoms with Crippen molar-refractivity contribution in [3.8, 4) is 5.75 Å². The lowest BCUT2D eigenvalue weighted by Crippen LogP contribution is -2.74. The molecular formula is C17H9F17O3. The van der Waals surface area contributed by atoms with E-state index in [0.717, 1.165) is 12.1 Å². The van der Waals surface area contributed by atoms with Crippen LogP contribution in [-0.4, -0.2) is 65.3 Å². The molecule has 0 aliphatic carbocycles. The normalized spacial score (nSPS) is 15.1. The number of ether oxygens (including phenoxy) is 1. The number of hydrogen-bond donors (Lipinski definition) is 1. The summed E-state index contributed by atoms with van der Waals surface area (Å²) in [5.74, 6) is -58.9. The van der Waals surface area contributed by atoms with Crippen LogP contribution >= 0.6 is 0 Å². The van der Waals surface area contributed by atoms with E-state index in [2.05, 4.69) is 4.74 Å². The number of halogens is 17. The van der Waals surface area contributed by atoms with Crippen LogP contribution in [0.4, 0.5) is 74.6 Å². The van der Waals surface area contributed by atoms with Gasteiger partial charge >= 0.3 is 53.6 Å². The van der Waals surface area contributed by atoms with Crippen molar-refractivity contribution < 1.29 is 89.3 Å². The Hall–Kier alpha value is -2.70. The van der Waals surface area contributed by atoms with Gasteiger partial charge < -0.3 is 9.84 Å². The lowest BCUT2D eigenvalue weighted by Gasteiger charge is -2.42. The minimum atomic E-state index is -8.68. The Bertz CT molecular complexity index is 966. The fourth-order valence-electron chi connectivity index (χ4n) is 2.34. The summed E-state index contributed by atoms with van der Waals surface area (Å²) in [4.78, 5) is 10.6. The average molecular weight is 584 g/mol. The quantitative estimate of drug-likeness (QED) is 0.281. The summed E-state index contributed by atoms with van der Waals surface area (Å²) in [6, 6.07) is 2.90. The fourth-order valence-corrected chi connectivity index (χ4v) is 2.34. The first kappa shape index (κ1) is 32.3. The van der Waals surface area contributed by atoms with Gasteiger partial charge in [0, 0.05) is 0 Å². The number of carboxylic acid groups (broad SMARTS) is 1. The molecule has 0 aromatic heterocycles. The van der Waals surface area contributed by atoms with E-state index in [1.807, 2.05) is 0 Å². The van der Waals surface area contributed by atoms with Crippen LogP contribution < -0.4 is 4.74 Å². The van der Waals surface area contributed by atoms with Gasteiger partial charge in [-0.05, 0) is 24.3 Å². The van der Waals surface area contributed by atoms with Crippen molar-refractivity contribution in [3.63, 3.8) is 0 Å². The second kappa shape index (κ2) is 9.25. The van der Waals surface area contributed by atoms with Gasteiger partial charge in [-0.1, -0.05) is 0 Å². The maximum Gasteiger partial charge on any atom is 0.460 e. The smallest absolute Gasteiger partial charge is 0.460 e. The standard InChI is InChI=1S/C17H9F17O3/c18-10(19,5-6-37-8-3-1-7(2-4-8)9(35)36)11(20,21)12(22,23)13(24,25)14(26,27)15(28,29)16(30,31)17(32,33)34/h1-4H,5-6H2,(H,35,36). The van der Waals surface area contributed by atoms with Crippen LogP contribution in [0.2, 0.25) is 0 Å². The Morgan fingerprint density at radius 3 is 1.30 bits per heavy atom. The molecule has 0 bridgehead atoms. The predicted molar refractivity (Wildman–Crippen MR) is 84.2 cm³/mol. The Morgan fingerprint density at radius 1 is 0.595 bits per heavy atom. The van der Waals surface area contributed by atoms with Crippen LogP contribution in [0.1, 0.15) is 16.8 Å². The third-order valence-electron chi connectivity index (χ3n) is 4.57. The number of hydrogen-bond acceptors (Lipinski definition) is 2. The molecule has 214 valence electrons. The van der Waals surface area contributed by atoms with Crippen LogP contribution in [0.3, 0.4) is 0 Å². The summed E-state index contributed by atoms with van der Waals surface area (Å²) in [5.41, 5.74) is -0.431. The molecule has 0 unspecified atom stereocenters. The highest BCUT2D eigenvalue weighted by Crippen LogP contribution is 2.64. The number of carboxylic acids is 1. The summed E-state index contributed by atoms with van der Waals surface area (Å²) in [7, 11) is 0. The topological polar surface area (TPSA) is 46.5 Å². The van der Waals surface area contributed by atoms with Gasteiger partial charge in [-0.3, -0.25) is 0 Å². The molecule has 1 N–H and O–H groups in total. The zero-order valence-electron chi connectivity index (χ0n) is 16.9. The molecule has 20 heteroatoms. The largest absolute Gasteiger partial charge is 0.493 e. The van der Waals surface area contributed by atoms with Gasteiger partial charge in [0.1, 0.15) is 5.75 Å². The van der Waals surface area contributed by atoms with E-state index in [-0.39, 0.29) is 0 Å². The number of aromatic carboxylic acids is 1. The molecule has 0 saturated heterocycles. The summed E-state index contributed by atoms with van der Waals surface area (Å²) in [6.45, 7) is -1.82. The van der Waals surface area contributed by atoms with Crippen molar-refractivity contribution in [2.45, 2.75) is 54.1 Å². The zero-order chi connectivity index (χ0) is 29.7. The lowest BCUT2D eigenvalue weighted by molar-refractivity contribution is -0.461. The molecular weight excluding hydrogens is 575 g/mol. The molecule has 0 spiro atoms. The molecule has 0 atom stereocenters. The maximum absolute atomic E-state index is 13.7. The number of alkyl halides is 17. The average Bonchev–Trinajstić information content (AvgIpc) is 2.72. The molecule has 1 rings (SSSR count). The van der Waals surface area contributed by atoms with E-state index >= 15 is 0 Å². The molecule has 0 heterocycles. The Labute approximate surface area is 192 Å². The highest BCUT2D eigenvalue weighted by Gasteiger charge is 2.95. The zero-order valence-corrected chi connectivity index (χ0v) is 16.9. The minimum absolute atomic E-state index is 0.431. The molecule has 0 amide bonds. The molecule has 0 aliphatic heterocycles. The first-order valence-corrected chi connectivity index (χ1v) is 8.81. The maximum atomic E-state index is 13.7. The SMILES string of the molecule is O=C(O)c1ccc(OCCC(F)(F)C(F)(F)C(F)(F)C(F)(F)C(F)(F)C(F)(F)C(F)(F)C(F)(F)F)cc1. The number of benzene rings is 1. The number of rotatable bonds is 11. The highest BCUT2D eigenvalue weighted by atomic mass is 19.4. The van der Waals surface area contributed by atoms with E-state index in [1.165, 1.54) is 0 Å². The van der Waals surface area contributed by atoms with Gasteiger partial charge in [0.2, 0.25) is 0 Å². The van der Waals surface area contributed by atoms with E-state index in [0.29, 0.717) is 12.1 Å². The van der Waals surface area contributed by atoms with Crippen molar-refractivity contribution in [2.75, 3.05) is 6.61 Å². The Kier molecular flexibility index (Phi) is 8.08. The van der Waals surface area contributed by atoms with Gasteiger partial charge in [-0.25, -0.2) is 4.79 Å². The second-order valence-corrected chi connectivity index (χ2v) is 7.08. The van der Waals surface area contributed by atoms with E-state index in [9.17, 15) is 79.4 Å². The van der Waals surface area contributed by atoms with Gasteiger partial charge in [0.25, 0.3) is 0 Å². The van der Waals surface area contributed by atoms with Crippen molar-refractivity contribution in [1.82, 2.24) is 0 Å². The first-order valence-electron chi connectivity index (χ1n) is 8.81. The van der Waals surface area contributed by atoms with Crippen LogP contribution in [0.15, 0.2) is 24.3 Å². The van der Waals surface area contributed by atoms with Gasteiger partial charge in [-0.2, -0.15) is 74.6 Å². The molecule has 0 aliphatic rings.